The fraction of sp³-hybridized carbons (Fsp3) is 0.0357. The van der Waals surface area contributed by atoms with Crippen LogP contribution < -0.4 is 0 Å². The van der Waals surface area contributed by atoms with Gasteiger partial charge in [0.2, 0.25) is 0 Å². The van der Waals surface area contributed by atoms with Crippen LogP contribution in [0.1, 0.15) is 22.8 Å². The summed E-state index contributed by atoms with van der Waals surface area (Å²) >= 11 is 0. The molecule has 0 aliphatic heterocycles. The van der Waals surface area contributed by atoms with Gasteiger partial charge in [0.05, 0.1) is 22.8 Å². The minimum atomic E-state index is 0.203. The van der Waals surface area contributed by atoms with Crippen molar-refractivity contribution in [2.24, 2.45) is 0 Å². The Kier molecular flexibility index (Phi) is 9.24. The lowest BCUT2D eigenvalue weighted by atomic mass is 9.86. The second-order valence-corrected chi connectivity index (χ2v) is 15.4. The van der Waals surface area contributed by atoms with Gasteiger partial charge in [0.25, 0.3) is 0 Å². The third-order valence-electron chi connectivity index (χ3n) is 11.5. The Morgan fingerprint density at radius 1 is 0.377 bits per heavy atom. The quantitative estimate of drug-likeness (QED) is 0.154. The number of fused-ring (bicyclic) bond motifs is 3. The van der Waals surface area contributed by atoms with Gasteiger partial charge in [0, 0.05) is 50.2 Å². The molecule has 10 aromatic rings. The summed E-state index contributed by atoms with van der Waals surface area (Å²) in [4.78, 5) is 20.1. The first-order valence-electron chi connectivity index (χ1n) is 20.6. The molecule has 61 heavy (non-hydrogen) atoms. The molecule has 3 heterocycles. The van der Waals surface area contributed by atoms with Crippen LogP contribution in [0.4, 0.5) is 0 Å². The molecule has 0 N–H and O–H groups in total. The van der Waals surface area contributed by atoms with Crippen molar-refractivity contribution in [1.29, 1.82) is 0 Å². The van der Waals surface area contributed by atoms with Crippen molar-refractivity contribution in [3.63, 3.8) is 0 Å². The second-order valence-electron chi connectivity index (χ2n) is 15.4. The predicted octanol–water partition coefficient (Wildman–Crippen LogP) is 14.0. The molecule has 1 aliphatic carbocycles. The smallest absolute Gasteiger partial charge is 0.160 e. The molecular weight excluding hydrogens is 745 g/mol. The summed E-state index contributed by atoms with van der Waals surface area (Å²) in [5.74, 6) is 2.54. The van der Waals surface area contributed by atoms with E-state index in [0.717, 1.165) is 90.4 Å². The second kappa shape index (κ2) is 15.6. The number of benzene rings is 7. The highest BCUT2D eigenvalue weighted by Crippen LogP contribution is 2.39. The van der Waals surface area contributed by atoms with E-state index in [9.17, 15) is 0 Å². The highest BCUT2D eigenvalue weighted by atomic mass is 16.3. The van der Waals surface area contributed by atoms with Crippen molar-refractivity contribution < 1.29 is 4.42 Å². The Hall–Kier alpha value is -8.02. The number of allylic oxidation sites excluding steroid dienone is 1. The molecule has 0 fully saturated rings. The molecule has 3 aromatic heterocycles. The molecule has 1 atom stereocenters. The Morgan fingerprint density at radius 3 is 1.25 bits per heavy atom. The lowest BCUT2D eigenvalue weighted by Gasteiger charge is -2.17. The van der Waals surface area contributed by atoms with Crippen LogP contribution in [0.5, 0.6) is 0 Å². The van der Waals surface area contributed by atoms with Gasteiger partial charge in [-0.3, -0.25) is 0 Å². The van der Waals surface area contributed by atoms with Crippen molar-refractivity contribution >= 4 is 17.0 Å². The number of hydrogen-bond donors (Lipinski definition) is 0. The summed E-state index contributed by atoms with van der Waals surface area (Å²) in [5, 5.41) is 1.15. The number of nitrogens with zero attached hydrogens (tertiary/aromatic N) is 4. The fourth-order valence-corrected chi connectivity index (χ4v) is 8.28. The molecule has 11 rings (SSSR count). The molecule has 288 valence electrons. The first kappa shape index (κ1) is 36.1. The Morgan fingerprint density at radius 2 is 0.787 bits per heavy atom. The number of aromatic nitrogens is 4. The van der Waals surface area contributed by atoms with Crippen LogP contribution in [0.15, 0.2) is 211 Å². The number of furan rings is 1. The third-order valence-corrected chi connectivity index (χ3v) is 11.5. The molecule has 0 bridgehead atoms. The molecule has 7 aromatic carbocycles. The van der Waals surface area contributed by atoms with Gasteiger partial charge < -0.3 is 4.42 Å². The van der Waals surface area contributed by atoms with Gasteiger partial charge >= 0.3 is 0 Å². The van der Waals surface area contributed by atoms with Crippen LogP contribution >= 0.6 is 0 Å². The van der Waals surface area contributed by atoms with Crippen LogP contribution in [-0.2, 0) is 6.42 Å². The minimum Gasteiger partial charge on any atom is -0.456 e. The molecule has 0 spiro atoms. The molecule has 0 saturated heterocycles. The lowest BCUT2D eigenvalue weighted by Crippen LogP contribution is -2.04. The highest BCUT2D eigenvalue weighted by Gasteiger charge is 2.23. The third kappa shape index (κ3) is 7.23. The standard InChI is InChI=1S/C56H38N4O/c1-5-13-39(14-6-1)49-35-50(40-15-7-2-8-16-40)58-55(57-49)43-25-21-37(22-26-43)45-29-31-53-47(33-45)48-34-46(30-32-54(48)61-53)38-23-27-44(28-24-38)56-59-51(41-17-9-3-10-18-41)36-52(60-56)42-19-11-4-12-20-42/h1-33,35-36,46H,34H2. The van der Waals surface area contributed by atoms with Crippen LogP contribution in [0, 0.1) is 0 Å². The molecule has 0 saturated carbocycles. The molecule has 5 nitrogen and oxygen atoms in total. The van der Waals surface area contributed by atoms with Crippen LogP contribution in [0.2, 0.25) is 0 Å². The van der Waals surface area contributed by atoms with E-state index >= 15 is 0 Å². The molecule has 1 aliphatic rings. The van der Waals surface area contributed by atoms with Crippen molar-refractivity contribution in [2.45, 2.75) is 12.3 Å². The summed E-state index contributed by atoms with van der Waals surface area (Å²) < 4.78 is 6.39. The predicted molar refractivity (Wildman–Crippen MR) is 247 cm³/mol. The Bertz CT molecular complexity index is 3060. The van der Waals surface area contributed by atoms with E-state index in [1.807, 2.05) is 72.8 Å². The van der Waals surface area contributed by atoms with Crippen molar-refractivity contribution in [2.75, 3.05) is 0 Å². The van der Waals surface area contributed by atoms with E-state index in [-0.39, 0.29) is 5.92 Å². The zero-order valence-corrected chi connectivity index (χ0v) is 33.2. The Balaban J connectivity index is 0.867. The highest BCUT2D eigenvalue weighted by molar-refractivity contribution is 5.90. The zero-order chi connectivity index (χ0) is 40.5. The van der Waals surface area contributed by atoms with E-state index in [2.05, 4.69) is 140 Å². The summed E-state index contributed by atoms with van der Waals surface area (Å²) in [6, 6.07) is 69.1. The summed E-state index contributed by atoms with van der Waals surface area (Å²) in [6.45, 7) is 0. The van der Waals surface area contributed by atoms with E-state index < -0.39 is 0 Å². The molecular formula is C56H38N4O. The fourth-order valence-electron chi connectivity index (χ4n) is 8.28. The lowest BCUT2D eigenvalue weighted by molar-refractivity contribution is 0.592. The monoisotopic (exact) mass is 782 g/mol. The first-order valence-corrected chi connectivity index (χ1v) is 20.6. The average molecular weight is 783 g/mol. The van der Waals surface area contributed by atoms with Crippen molar-refractivity contribution in [3.8, 4) is 78.9 Å². The van der Waals surface area contributed by atoms with Gasteiger partial charge in [-0.25, -0.2) is 19.9 Å². The maximum Gasteiger partial charge on any atom is 0.160 e. The van der Waals surface area contributed by atoms with Crippen molar-refractivity contribution in [3.05, 3.63) is 223 Å². The molecule has 0 amide bonds. The van der Waals surface area contributed by atoms with Gasteiger partial charge in [-0.05, 0) is 53.5 Å². The normalized spacial score (nSPS) is 13.3. The van der Waals surface area contributed by atoms with Crippen LogP contribution in [-0.4, -0.2) is 19.9 Å². The Labute approximate surface area is 354 Å². The van der Waals surface area contributed by atoms with Crippen LogP contribution in [0.25, 0.3) is 96.0 Å². The topological polar surface area (TPSA) is 64.7 Å². The van der Waals surface area contributed by atoms with Gasteiger partial charge in [-0.15, -0.1) is 0 Å². The molecule has 5 heteroatoms. The van der Waals surface area contributed by atoms with E-state index in [4.69, 9.17) is 24.4 Å². The van der Waals surface area contributed by atoms with Gasteiger partial charge in [0.15, 0.2) is 11.6 Å². The van der Waals surface area contributed by atoms with Gasteiger partial charge in [-0.1, -0.05) is 182 Å². The minimum absolute atomic E-state index is 0.203. The zero-order valence-electron chi connectivity index (χ0n) is 33.2. The SMILES string of the molecule is C1=CC(c2ccc(-c3nc(-c4ccccc4)cc(-c4ccccc4)n3)cc2)Cc2c1oc1ccc(-c3ccc(-c4nc(-c5ccccc5)cc(-c5ccccc5)n4)cc3)cc21. The first-order chi connectivity index (χ1) is 30.2. The summed E-state index contributed by atoms with van der Waals surface area (Å²) in [5.41, 5.74) is 15.4. The number of rotatable bonds is 8. The molecule has 0 radical (unpaired) electrons. The van der Waals surface area contributed by atoms with Crippen molar-refractivity contribution in [1.82, 2.24) is 19.9 Å². The molecule has 1 unspecified atom stereocenters. The largest absolute Gasteiger partial charge is 0.456 e. The number of hydrogen-bond acceptors (Lipinski definition) is 5. The van der Waals surface area contributed by atoms with Gasteiger partial charge in [-0.2, -0.15) is 0 Å². The van der Waals surface area contributed by atoms with E-state index in [1.165, 1.54) is 11.1 Å². The maximum atomic E-state index is 6.39. The summed E-state index contributed by atoms with van der Waals surface area (Å²) in [6.07, 6.45) is 5.24. The maximum absolute atomic E-state index is 6.39. The van der Waals surface area contributed by atoms with Gasteiger partial charge in [0.1, 0.15) is 11.3 Å². The van der Waals surface area contributed by atoms with Crippen LogP contribution in [0.3, 0.4) is 0 Å². The van der Waals surface area contributed by atoms with E-state index in [1.54, 1.807) is 0 Å². The average Bonchev–Trinajstić information content (AvgIpc) is 3.72. The summed E-state index contributed by atoms with van der Waals surface area (Å²) in [7, 11) is 0. The van der Waals surface area contributed by atoms with E-state index in [0.29, 0.717) is 11.6 Å².